The molecule has 2 heterocycles. The highest BCUT2D eigenvalue weighted by atomic mass is 16.5. The van der Waals surface area contributed by atoms with E-state index in [9.17, 15) is 19.2 Å². The lowest BCUT2D eigenvalue weighted by molar-refractivity contribution is -0.147. The zero-order valence-electron chi connectivity index (χ0n) is 16.5. The molecule has 29 heavy (non-hydrogen) atoms. The molecule has 3 fully saturated rings. The molecular weight excluding hydrogens is 372 g/mol. The molecule has 0 aromatic heterocycles. The van der Waals surface area contributed by atoms with Crippen LogP contribution in [0.4, 0.5) is 5.69 Å². The van der Waals surface area contributed by atoms with Crippen LogP contribution in [-0.4, -0.2) is 54.2 Å². The fourth-order valence-electron chi connectivity index (χ4n) is 4.56. The number of anilines is 1. The molecule has 1 atom stereocenters. The molecule has 0 unspecified atom stereocenters. The van der Waals surface area contributed by atoms with Crippen LogP contribution in [0.25, 0.3) is 0 Å². The van der Waals surface area contributed by atoms with Gasteiger partial charge in [-0.3, -0.25) is 19.2 Å². The third-order valence-corrected chi connectivity index (χ3v) is 6.16. The van der Waals surface area contributed by atoms with Crippen molar-refractivity contribution in [2.75, 3.05) is 24.6 Å². The van der Waals surface area contributed by atoms with Crippen molar-refractivity contribution in [3.63, 3.8) is 0 Å². The summed E-state index contributed by atoms with van der Waals surface area (Å²) in [7, 11) is 0. The molecule has 1 aromatic rings. The predicted octanol–water partition coefficient (Wildman–Crippen LogP) is 2.33. The maximum Gasteiger partial charge on any atom is 0.311 e. The van der Waals surface area contributed by atoms with Crippen LogP contribution in [0.3, 0.4) is 0 Å². The van der Waals surface area contributed by atoms with E-state index < -0.39 is 11.9 Å². The fraction of sp³-hybridized carbons (Fsp3) is 0.545. The van der Waals surface area contributed by atoms with Crippen molar-refractivity contribution in [3.8, 4) is 0 Å². The number of likely N-dealkylation sites (tertiary alicyclic amines) is 1. The number of ketones is 1. The Balaban J connectivity index is 1.32. The number of amides is 2. The van der Waals surface area contributed by atoms with E-state index in [2.05, 4.69) is 0 Å². The molecule has 1 aromatic carbocycles. The molecule has 2 amide bonds. The van der Waals surface area contributed by atoms with Crippen molar-refractivity contribution < 1.29 is 23.9 Å². The van der Waals surface area contributed by atoms with Crippen LogP contribution < -0.4 is 4.90 Å². The summed E-state index contributed by atoms with van der Waals surface area (Å²) in [6, 6.07) is 7.10. The smallest absolute Gasteiger partial charge is 0.311 e. The molecule has 3 aliphatic rings. The summed E-state index contributed by atoms with van der Waals surface area (Å²) in [5.74, 6) is -1.24. The van der Waals surface area contributed by atoms with Crippen molar-refractivity contribution in [2.45, 2.75) is 51.0 Å². The van der Waals surface area contributed by atoms with Crippen LogP contribution in [0.2, 0.25) is 0 Å². The number of hydrogen-bond acceptors (Lipinski definition) is 5. The zero-order valence-corrected chi connectivity index (χ0v) is 16.5. The summed E-state index contributed by atoms with van der Waals surface area (Å²) in [5.41, 5.74) is 1.10. The molecule has 0 bridgehead atoms. The number of hydrogen-bond donors (Lipinski definition) is 0. The highest BCUT2D eigenvalue weighted by molar-refractivity contribution is 6.01. The molecule has 1 aliphatic carbocycles. The Kier molecular flexibility index (Phi) is 5.65. The first-order valence-electron chi connectivity index (χ1n) is 10.4. The molecule has 0 radical (unpaired) electrons. The third-order valence-electron chi connectivity index (χ3n) is 6.16. The Morgan fingerprint density at radius 2 is 1.86 bits per heavy atom. The second kappa shape index (κ2) is 8.35. The Morgan fingerprint density at radius 3 is 2.59 bits per heavy atom. The SMILES string of the molecule is O=C(COC(=O)[C@H]1CC(=O)N(C2CCCC2)C1)c1cccc(N2CCCC2=O)c1. The zero-order chi connectivity index (χ0) is 20.4. The Morgan fingerprint density at radius 1 is 1.07 bits per heavy atom. The minimum Gasteiger partial charge on any atom is -0.457 e. The molecule has 0 N–H and O–H groups in total. The number of rotatable bonds is 6. The average Bonchev–Trinajstić information content (AvgIpc) is 3.47. The van der Waals surface area contributed by atoms with Crippen LogP contribution in [0.5, 0.6) is 0 Å². The van der Waals surface area contributed by atoms with Crippen molar-refractivity contribution in [2.24, 2.45) is 5.92 Å². The predicted molar refractivity (Wildman–Crippen MR) is 105 cm³/mol. The average molecular weight is 398 g/mol. The number of carbonyl (C=O) groups is 4. The monoisotopic (exact) mass is 398 g/mol. The number of Topliss-reactive ketones (excluding diaryl/α,β-unsaturated/α-hetero) is 1. The highest BCUT2D eigenvalue weighted by Gasteiger charge is 2.39. The van der Waals surface area contributed by atoms with E-state index in [0.29, 0.717) is 30.8 Å². The fourth-order valence-corrected chi connectivity index (χ4v) is 4.56. The molecule has 0 spiro atoms. The minimum atomic E-state index is -0.496. The van der Waals surface area contributed by atoms with E-state index in [4.69, 9.17) is 4.74 Å². The lowest BCUT2D eigenvalue weighted by Gasteiger charge is -2.23. The number of carbonyl (C=O) groups excluding carboxylic acids is 4. The number of ether oxygens (including phenoxy) is 1. The van der Waals surface area contributed by atoms with Gasteiger partial charge in [-0.25, -0.2) is 0 Å². The minimum absolute atomic E-state index is 0.00755. The first-order valence-corrected chi connectivity index (χ1v) is 10.4. The summed E-state index contributed by atoms with van der Waals surface area (Å²) in [4.78, 5) is 52.5. The first kappa shape index (κ1) is 19.6. The quantitative estimate of drug-likeness (QED) is 0.542. The summed E-state index contributed by atoms with van der Waals surface area (Å²) < 4.78 is 5.24. The summed E-state index contributed by atoms with van der Waals surface area (Å²) in [5, 5.41) is 0. The summed E-state index contributed by atoms with van der Waals surface area (Å²) >= 11 is 0. The van der Waals surface area contributed by atoms with Gasteiger partial charge in [0.1, 0.15) is 0 Å². The topological polar surface area (TPSA) is 84.0 Å². The third kappa shape index (κ3) is 4.18. The first-order chi connectivity index (χ1) is 14.0. The standard InChI is InChI=1S/C22H26N2O5/c25-19(15-5-3-8-18(11-15)23-10-4-9-20(23)26)14-29-22(28)16-12-21(27)24(13-16)17-6-1-2-7-17/h3,5,8,11,16-17H,1-2,4,6-7,9-10,12-14H2/t16-/m0/s1. The molecule has 2 aliphatic heterocycles. The largest absolute Gasteiger partial charge is 0.457 e. The van der Waals surface area contributed by atoms with Crippen LogP contribution in [0.1, 0.15) is 55.3 Å². The molecule has 154 valence electrons. The molecule has 4 rings (SSSR count). The lowest BCUT2D eigenvalue weighted by Crippen LogP contribution is -2.35. The van der Waals surface area contributed by atoms with E-state index in [-0.39, 0.29) is 36.7 Å². The van der Waals surface area contributed by atoms with Crippen molar-refractivity contribution >= 4 is 29.3 Å². The second-order valence-electron chi connectivity index (χ2n) is 8.12. The molecule has 7 nitrogen and oxygen atoms in total. The molecular formula is C22H26N2O5. The number of nitrogens with zero attached hydrogens (tertiary/aromatic N) is 2. The van der Waals surface area contributed by atoms with Crippen molar-refractivity contribution in [1.82, 2.24) is 4.90 Å². The Hall–Kier alpha value is -2.70. The van der Waals surface area contributed by atoms with Crippen LogP contribution in [0, 0.1) is 5.92 Å². The van der Waals surface area contributed by atoms with Gasteiger partial charge in [0.05, 0.1) is 5.92 Å². The van der Waals surface area contributed by atoms with E-state index >= 15 is 0 Å². The van der Waals surface area contributed by atoms with Crippen molar-refractivity contribution in [3.05, 3.63) is 29.8 Å². The highest BCUT2D eigenvalue weighted by Crippen LogP contribution is 2.30. The van der Waals surface area contributed by atoms with Gasteiger partial charge < -0.3 is 14.5 Å². The van der Waals surface area contributed by atoms with Gasteiger partial charge in [-0.05, 0) is 31.4 Å². The van der Waals surface area contributed by atoms with Crippen LogP contribution in [0.15, 0.2) is 24.3 Å². The van der Waals surface area contributed by atoms with E-state index in [0.717, 1.165) is 32.1 Å². The van der Waals surface area contributed by atoms with Gasteiger partial charge in [-0.1, -0.05) is 25.0 Å². The molecule has 1 saturated carbocycles. The normalized spacial score (nSPS) is 22.6. The molecule has 2 saturated heterocycles. The second-order valence-corrected chi connectivity index (χ2v) is 8.12. The maximum absolute atomic E-state index is 12.5. The van der Waals surface area contributed by atoms with Gasteiger partial charge in [-0.2, -0.15) is 0 Å². The van der Waals surface area contributed by atoms with Gasteiger partial charge in [0.15, 0.2) is 12.4 Å². The summed E-state index contributed by atoms with van der Waals surface area (Å²) in [6.07, 6.45) is 5.75. The van der Waals surface area contributed by atoms with Gasteiger partial charge in [0, 0.05) is 43.2 Å². The van der Waals surface area contributed by atoms with Gasteiger partial charge in [-0.15, -0.1) is 0 Å². The van der Waals surface area contributed by atoms with Gasteiger partial charge in [0.2, 0.25) is 11.8 Å². The number of esters is 1. The van der Waals surface area contributed by atoms with Gasteiger partial charge >= 0.3 is 5.97 Å². The van der Waals surface area contributed by atoms with Crippen molar-refractivity contribution in [1.29, 1.82) is 0 Å². The Bertz CT molecular complexity index is 830. The van der Waals surface area contributed by atoms with Crippen LogP contribution in [-0.2, 0) is 19.1 Å². The Labute approximate surface area is 170 Å². The lowest BCUT2D eigenvalue weighted by atomic mass is 10.1. The summed E-state index contributed by atoms with van der Waals surface area (Å²) in [6.45, 7) is 0.687. The number of benzene rings is 1. The molecule has 7 heteroatoms. The van der Waals surface area contributed by atoms with E-state index in [1.807, 2.05) is 4.90 Å². The van der Waals surface area contributed by atoms with E-state index in [1.54, 1.807) is 29.2 Å². The van der Waals surface area contributed by atoms with E-state index in [1.165, 1.54) is 0 Å². The maximum atomic E-state index is 12.5. The van der Waals surface area contributed by atoms with Gasteiger partial charge in [0.25, 0.3) is 0 Å². The van der Waals surface area contributed by atoms with Crippen LogP contribution >= 0.6 is 0 Å².